The number of benzene rings is 2. The van der Waals surface area contributed by atoms with E-state index < -0.39 is 0 Å². The average Bonchev–Trinajstić information content (AvgIpc) is 2.72. The third-order valence-corrected chi connectivity index (χ3v) is 7.14. The van der Waals surface area contributed by atoms with Crippen molar-refractivity contribution in [2.45, 2.75) is 56.0 Å². The van der Waals surface area contributed by atoms with E-state index in [4.69, 9.17) is 4.98 Å². The molecule has 1 amide bonds. The zero-order valence-corrected chi connectivity index (χ0v) is 18.0. The molecule has 3 aromatic rings. The van der Waals surface area contributed by atoms with E-state index in [0.717, 1.165) is 17.2 Å². The summed E-state index contributed by atoms with van der Waals surface area (Å²) in [4.78, 5) is 30.4. The van der Waals surface area contributed by atoms with E-state index in [1.54, 1.807) is 11.6 Å². The maximum atomic E-state index is 12.9. The quantitative estimate of drug-likeness (QED) is 0.397. The van der Waals surface area contributed by atoms with Crippen molar-refractivity contribution in [2.75, 3.05) is 0 Å². The zero-order chi connectivity index (χ0) is 20.5. The Bertz CT molecular complexity index is 1120. The number of rotatable bonds is 4. The fraction of sp³-hybridized carbons (Fsp3) is 0.435. The topological polar surface area (TPSA) is 64.0 Å². The molecule has 5 nitrogen and oxygen atoms in total. The maximum absolute atomic E-state index is 12.9. The number of carbonyl (C=O) groups excluding carboxylic acids is 1. The van der Waals surface area contributed by atoms with Gasteiger partial charge < -0.3 is 5.32 Å². The Kier molecular flexibility index (Phi) is 5.63. The predicted octanol–water partition coefficient (Wildman–Crippen LogP) is 4.26. The summed E-state index contributed by atoms with van der Waals surface area (Å²) in [6.07, 6.45) is 4.63. The van der Waals surface area contributed by atoms with Crippen molar-refractivity contribution in [2.24, 2.45) is 13.0 Å². The Morgan fingerprint density at radius 3 is 2.62 bits per heavy atom. The first-order chi connectivity index (χ1) is 13.9. The number of carbonyl (C=O) groups is 1. The number of nitrogens with zero attached hydrogens (tertiary/aromatic N) is 2. The smallest absolute Gasteiger partial charge is 0.261 e. The Morgan fingerprint density at radius 1 is 1.21 bits per heavy atom. The summed E-state index contributed by atoms with van der Waals surface area (Å²) in [5, 5.41) is 6.13. The lowest BCUT2D eigenvalue weighted by atomic mass is 9.86. The van der Waals surface area contributed by atoms with E-state index >= 15 is 0 Å². The molecule has 1 saturated carbocycles. The van der Waals surface area contributed by atoms with Crippen LogP contribution in [0.3, 0.4) is 0 Å². The summed E-state index contributed by atoms with van der Waals surface area (Å²) in [7, 11) is 1.72. The molecule has 0 aliphatic heterocycles. The normalized spacial score (nSPS) is 20.7. The molecule has 6 heteroatoms. The van der Waals surface area contributed by atoms with E-state index in [1.165, 1.54) is 31.0 Å². The molecule has 1 N–H and O–H groups in total. The number of hydrogen-bond donors (Lipinski definition) is 1. The molecule has 4 rings (SSSR count). The number of fused-ring (bicyclic) bond motifs is 2. The minimum Gasteiger partial charge on any atom is -0.352 e. The first-order valence-electron chi connectivity index (χ1n) is 10.3. The number of hydrogen-bond acceptors (Lipinski definition) is 4. The van der Waals surface area contributed by atoms with Crippen LogP contribution >= 0.6 is 11.8 Å². The van der Waals surface area contributed by atoms with Crippen molar-refractivity contribution in [1.82, 2.24) is 14.9 Å². The van der Waals surface area contributed by atoms with Crippen molar-refractivity contribution in [3.8, 4) is 0 Å². The van der Waals surface area contributed by atoms with Gasteiger partial charge in [-0.15, -0.1) is 0 Å². The standard InChI is InChI=1S/C23H27N3O2S/c1-14-8-4-7-11-19(14)24-21(27)15(2)29-23-25-20-13-17-10-6-5-9-16(17)12-18(20)22(28)26(23)3/h5-6,9-10,12-15,19H,4,7-8,11H2,1-3H3,(H,24,27)/t14-,15+,19-/m0/s1. The molecule has 0 radical (unpaired) electrons. The number of aromatic nitrogens is 2. The van der Waals surface area contributed by atoms with Gasteiger partial charge in [-0.3, -0.25) is 14.2 Å². The predicted molar refractivity (Wildman–Crippen MR) is 119 cm³/mol. The number of nitrogens with one attached hydrogen (secondary N) is 1. The Morgan fingerprint density at radius 2 is 1.90 bits per heavy atom. The minimum atomic E-state index is -0.319. The molecule has 0 bridgehead atoms. The molecule has 1 heterocycles. The van der Waals surface area contributed by atoms with Crippen LogP contribution in [0.25, 0.3) is 21.7 Å². The first kappa shape index (κ1) is 20.0. The summed E-state index contributed by atoms with van der Waals surface area (Å²) >= 11 is 1.34. The van der Waals surface area contributed by atoms with Gasteiger partial charge in [-0.25, -0.2) is 4.98 Å². The monoisotopic (exact) mass is 409 g/mol. The van der Waals surface area contributed by atoms with Crippen LogP contribution in [-0.2, 0) is 11.8 Å². The van der Waals surface area contributed by atoms with Crippen LogP contribution in [0.4, 0.5) is 0 Å². The van der Waals surface area contributed by atoms with E-state index in [9.17, 15) is 9.59 Å². The second-order valence-corrected chi connectivity index (χ2v) is 9.42. The van der Waals surface area contributed by atoms with Gasteiger partial charge in [-0.2, -0.15) is 0 Å². The Labute approximate surface area is 174 Å². The Hall–Kier alpha value is -2.34. The fourth-order valence-corrected chi connectivity index (χ4v) is 4.97. The summed E-state index contributed by atoms with van der Waals surface area (Å²) < 4.78 is 1.55. The molecule has 1 aliphatic rings. The molecular formula is C23H27N3O2S. The van der Waals surface area contributed by atoms with Gasteiger partial charge in [0.15, 0.2) is 5.16 Å². The lowest BCUT2D eigenvalue weighted by molar-refractivity contribution is -0.121. The van der Waals surface area contributed by atoms with Gasteiger partial charge in [0, 0.05) is 13.1 Å². The average molecular weight is 410 g/mol. The van der Waals surface area contributed by atoms with E-state index in [2.05, 4.69) is 12.2 Å². The van der Waals surface area contributed by atoms with Crippen LogP contribution in [0, 0.1) is 5.92 Å². The molecule has 1 fully saturated rings. The van der Waals surface area contributed by atoms with Gasteiger partial charge in [0.25, 0.3) is 5.56 Å². The summed E-state index contributed by atoms with van der Waals surface area (Å²) in [5.74, 6) is 0.530. The van der Waals surface area contributed by atoms with Gasteiger partial charge in [0.1, 0.15) is 0 Å². The number of amides is 1. The third-order valence-electron chi connectivity index (χ3n) is 5.99. The van der Waals surface area contributed by atoms with Crippen LogP contribution in [0.1, 0.15) is 39.5 Å². The molecule has 0 saturated heterocycles. The molecular weight excluding hydrogens is 382 g/mol. The lowest BCUT2D eigenvalue weighted by Crippen LogP contribution is -2.44. The van der Waals surface area contributed by atoms with Crippen molar-refractivity contribution in [3.63, 3.8) is 0 Å². The fourth-order valence-electron chi connectivity index (χ4n) is 4.09. The minimum absolute atomic E-state index is 0.0154. The lowest BCUT2D eigenvalue weighted by Gasteiger charge is -2.30. The Balaban J connectivity index is 1.59. The van der Waals surface area contributed by atoms with Crippen LogP contribution in [0.15, 0.2) is 46.3 Å². The van der Waals surface area contributed by atoms with E-state index in [1.807, 2.05) is 43.3 Å². The highest BCUT2D eigenvalue weighted by Gasteiger charge is 2.26. The van der Waals surface area contributed by atoms with Gasteiger partial charge in [-0.1, -0.05) is 55.8 Å². The zero-order valence-electron chi connectivity index (χ0n) is 17.1. The van der Waals surface area contributed by atoms with Gasteiger partial charge in [0.2, 0.25) is 5.91 Å². The highest BCUT2D eigenvalue weighted by Crippen LogP contribution is 2.27. The largest absolute Gasteiger partial charge is 0.352 e. The molecule has 0 spiro atoms. The van der Waals surface area contributed by atoms with Crippen molar-refractivity contribution < 1.29 is 4.79 Å². The van der Waals surface area contributed by atoms with Gasteiger partial charge in [0.05, 0.1) is 16.2 Å². The van der Waals surface area contributed by atoms with Crippen LogP contribution in [-0.4, -0.2) is 26.8 Å². The van der Waals surface area contributed by atoms with Crippen molar-refractivity contribution in [3.05, 3.63) is 46.8 Å². The molecule has 1 aromatic heterocycles. The van der Waals surface area contributed by atoms with Gasteiger partial charge in [-0.05, 0) is 48.6 Å². The highest BCUT2D eigenvalue weighted by molar-refractivity contribution is 8.00. The van der Waals surface area contributed by atoms with Crippen molar-refractivity contribution in [1.29, 1.82) is 0 Å². The highest BCUT2D eigenvalue weighted by atomic mass is 32.2. The SMILES string of the molecule is C[C@@H](Sc1nc2cc3ccccc3cc2c(=O)n1C)C(=O)N[C@H]1CCCC[C@@H]1C. The summed E-state index contributed by atoms with van der Waals surface area (Å²) in [6.45, 7) is 4.09. The third kappa shape index (κ3) is 4.04. The molecule has 152 valence electrons. The van der Waals surface area contributed by atoms with E-state index in [-0.39, 0.29) is 22.8 Å². The second-order valence-electron chi connectivity index (χ2n) is 8.11. The molecule has 2 aromatic carbocycles. The molecule has 1 aliphatic carbocycles. The van der Waals surface area contributed by atoms with Crippen LogP contribution in [0.2, 0.25) is 0 Å². The summed E-state index contributed by atoms with van der Waals surface area (Å²) in [5.41, 5.74) is 0.583. The van der Waals surface area contributed by atoms with Crippen LogP contribution < -0.4 is 10.9 Å². The van der Waals surface area contributed by atoms with Gasteiger partial charge >= 0.3 is 0 Å². The number of thioether (sulfide) groups is 1. The molecule has 29 heavy (non-hydrogen) atoms. The summed E-state index contributed by atoms with van der Waals surface area (Å²) in [6, 6.07) is 12.0. The van der Waals surface area contributed by atoms with Crippen LogP contribution in [0.5, 0.6) is 0 Å². The maximum Gasteiger partial charge on any atom is 0.261 e. The van der Waals surface area contributed by atoms with E-state index in [0.29, 0.717) is 22.0 Å². The molecule has 0 unspecified atom stereocenters. The second kappa shape index (κ2) is 8.19. The first-order valence-corrected chi connectivity index (χ1v) is 11.2. The van der Waals surface area contributed by atoms with Crippen molar-refractivity contribution >= 4 is 39.3 Å². The molecule has 3 atom stereocenters.